The van der Waals surface area contributed by atoms with Gasteiger partial charge in [-0.3, -0.25) is 9.59 Å². The predicted octanol–water partition coefficient (Wildman–Crippen LogP) is 2.89. The minimum atomic E-state index is -1.01. The van der Waals surface area contributed by atoms with E-state index in [4.69, 9.17) is 4.74 Å². The Kier molecular flexibility index (Phi) is 5.14. The molecule has 1 atom stereocenters. The van der Waals surface area contributed by atoms with Crippen LogP contribution in [0.5, 0.6) is 0 Å². The van der Waals surface area contributed by atoms with E-state index in [-0.39, 0.29) is 30.0 Å². The molecule has 1 aliphatic heterocycles. The fraction of sp³-hybridized carbons (Fsp3) is 0.200. The van der Waals surface area contributed by atoms with E-state index in [2.05, 4.69) is 0 Å². The first-order valence-electron chi connectivity index (χ1n) is 8.13. The Morgan fingerprint density at radius 2 is 1.77 bits per heavy atom. The van der Waals surface area contributed by atoms with Gasteiger partial charge in [-0.2, -0.15) is 0 Å². The monoisotopic (exact) mass is 355 g/mol. The predicted molar refractivity (Wildman–Crippen MR) is 93.7 cm³/mol. The van der Waals surface area contributed by atoms with Crippen LogP contribution in [0.15, 0.2) is 60.2 Å². The van der Waals surface area contributed by atoms with Gasteiger partial charge in [0.15, 0.2) is 0 Å². The quantitative estimate of drug-likeness (QED) is 0.509. The van der Waals surface area contributed by atoms with Gasteiger partial charge in [-0.1, -0.05) is 48.5 Å². The second-order valence-corrected chi connectivity index (χ2v) is 5.87. The number of Topliss-reactive ketones (excluding diaryl/α,β-unsaturated/α-hetero) is 1. The van der Waals surface area contributed by atoms with Gasteiger partial charge in [0.2, 0.25) is 0 Å². The first kappa shape index (κ1) is 17.8. The number of nitrogens with zero attached hydrogens (tertiary/aromatic N) is 1. The van der Waals surface area contributed by atoms with E-state index in [1.165, 1.54) is 30.2 Å². The topological polar surface area (TPSA) is 66.8 Å². The maximum Gasteiger partial charge on any atom is 0.295 e. The number of halogens is 1. The Labute approximate surface area is 150 Å². The van der Waals surface area contributed by atoms with Crippen molar-refractivity contribution >= 4 is 17.4 Å². The zero-order chi connectivity index (χ0) is 18.7. The fourth-order valence-corrected chi connectivity index (χ4v) is 3.07. The summed E-state index contributed by atoms with van der Waals surface area (Å²) in [6, 6.07) is 13.3. The minimum absolute atomic E-state index is 0.103. The van der Waals surface area contributed by atoms with Gasteiger partial charge >= 0.3 is 0 Å². The van der Waals surface area contributed by atoms with Crippen LogP contribution in [0.1, 0.15) is 17.2 Å². The smallest absolute Gasteiger partial charge is 0.295 e. The lowest BCUT2D eigenvalue weighted by Crippen LogP contribution is -2.33. The number of methoxy groups -OCH3 is 1. The Morgan fingerprint density at radius 3 is 2.42 bits per heavy atom. The summed E-state index contributed by atoms with van der Waals surface area (Å²) in [5.41, 5.74) is 0.418. The number of hydrogen-bond acceptors (Lipinski definition) is 4. The van der Waals surface area contributed by atoms with Crippen molar-refractivity contribution in [2.24, 2.45) is 0 Å². The minimum Gasteiger partial charge on any atom is -0.507 e. The van der Waals surface area contributed by atoms with Crippen molar-refractivity contribution in [1.82, 2.24) is 4.90 Å². The number of carbonyl (C=O) groups excluding carboxylic acids is 2. The largest absolute Gasteiger partial charge is 0.507 e. The summed E-state index contributed by atoms with van der Waals surface area (Å²) >= 11 is 0. The van der Waals surface area contributed by atoms with Crippen molar-refractivity contribution in [1.29, 1.82) is 0 Å². The Morgan fingerprint density at radius 1 is 1.12 bits per heavy atom. The maximum atomic E-state index is 14.4. The summed E-state index contributed by atoms with van der Waals surface area (Å²) in [6.45, 7) is 0.287. The van der Waals surface area contributed by atoms with Crippen LogP contribution in [0, 0.1) is 5.82 Å². The number of hydrogen-bond donors (Lipinski definition) is 1. The van der Waals surface area contributed by atoms with Crippen LogP contribution in [0.2, 0.25) is 0 Å². The van der Waals surface area contributed by atoms with E-state index in [9.17, 15) is 19.1 Å². The molecule has 0 aromatic heterocycles. The first-order valence-corrected chi connectivity index (χ1v) is 8.13. The van der Waals surface area contributed by atoms with E-state index in [1.54, 1.807) is 36.4 Å². The standard InChI is InChI=1S/C20H18FNO4/c1-26-12-11-22-17(14-9-5-6-10-15(14)21)16(19(24)20(22)25)18(23)13-7-3-2-4-8-13/h2-10,17,23H,11-12H2,1H3/b18-16+/t17-/m1/s1. The average molecular weight is 355 g/mol. The highest BCUT2D eigenvalue weighted by molar-refractivity contribution is 6.46. The van der Waals surface area contributed by atoms with Gasteiger partial charge in [0.1, 0.15) is 11.6 Å². The summed E-state index contributed by atoms with van der Waals surface area (Å²) < 4.78 is 19.5. The van der Waals surface area contributed by atoms with Crippen LogP contribution in [0.25, 0.3) is 5.76 Å². The number of rotatable bonds is 5. The average Bonchev–Trinajstić information content (AvgIpc) is 2.91. The summed E-state index contributed by atoms with van der Waals surface area (Å²) in [6.07, 6.45) is 0. The van der Waals surface area contributed by atoms with Crippen molar-refractivity contribution in [3.8, 4) is 0 Å². The van der Waals surface area contributed by atoms with Crippen LogP contribution >= 0.6 is 0 Å². The van der Waals surface area contributed by atoms with Gasteiger partial charge < -0.3 is 14.7 Å². The fourth-order valence-electron chi connectivity index (χ4n) is 3.07. The molecule has 6 heteroatoms. The van der Waals surface area contributed by atoms with Crippen molar-refractivity contribution in [2.45, 2.75) is 6.04 Å². The molecule has 3 rings (SSSR count). The van der Waals surface area contributed by atoms with Crippen LogP contribution in [-0.2, 0) is 14.3 Å². The molecule has 0 aliphatic carbocycles. The third-order valence-electron chi connectivity index (χ3n) is 4.32. The van der Waals surface area contributed by atoms with Crippen LogP contribution in [0.4, 0.5) is 4.39 Å². The molecule has 0 unspecified atom stereocenters. The van der Waals surface area contributed by atoms with E-state index >= 15 is 0 Å². The van der Waals surface area contributed by atoms with Crippen LogP contribution in [-0.4, -0.2) is 42.0 Å². The van der Waals surface area contributed by atoms with Crippen molar-refractivity contribution in [3.63, 3.8) is 0 Å². The Hall–Kier alpha value is -2.99. The van der Waals surface area contributed by atoms with E-state index in [0.717, 1.165) is 0 Å². The van der Waals surface area contributed by atoms with E-state index in [1.807, 2.05) is 0 Å². The molecule has 1 amide bonds. The highest BCUT2D eigenvalue weighted by Gasteiger charge is 2.46. The number of amides is 1. The summed E-state index contributed by atoms with van der Waals surface area (Å²) in [5.74, 6) is -2.50. The molecule has 0 saturated carbocycles. The van der Waals surface area contributed by atoms with Crippen molar-refractivity contribution < 1.29 is 23.8 Å². The molecule has 0 radical (unpaired) electrons. The lowest BCUT2D eigenvalue weighted by Gasteiger charge is -2.25. The number of likely N-dealkylation sites (tertiary alicyclic amines) is 1. The zero-order valence-electron chi connectivity index (χ0n) is 14.2. The lowest BCUT2D eigenvalue weighted by atomic mass is 9.95. The number of ketones is 1. The number of aliphatic hydroxyl groups excluding tert-OH is 1. The Balaban J connectivity index is 2.19. The number of benzene rings is 2. The molecule has 1 aliphatic rings. The maximum absolute atomic E-state index is 14.4. The molecular formula is C20H18FNO4. The van der Waals surface area contributed by atoms with E-state index < -0.39 is 23.5 Å². The highest BCUT2D eigenvalue weighted by atomic mass is 19.1. The molecule has 0 bridgehead atoms. The van der Waals surface area contributed by atoms with Gasteiger partial charge in [-0.15, -0.1) is 0 Å². The van der Waals surface area contributed by atoms with Gasteiger partial charge in [0, 0.05) is 24.8 Å². The molecule has 1 N–H and O–H groups in total. The van der Waals surface area contributed by atoms with Gasteiger partial charge in [0.25, 0.3) is 11.7 Å². The number of carbonyl (C=O) groups is 2. The third-order valence-corrected chi connectivity index (χ3v) is 4.32. The van der Waals surface area contributed by atoms with E-state index in [0.29, 0.717) is 5.56 Å². The molecular weight excluding hydrogens is 337 g/mol. The van der Waals surface area contributed by atoms with Gasteiger partial charge in [-0.05, 0) is 6.07 Å². The summed E-state index contributed by atoms with van der Waals surface area (Å²) in [4.78, 5) is 26.4. The number of aliphatic hydroxyl groups is 1. The Bertz CT molecular complexity index is 863. The second-order valence-electron chi connectivity index (χ2n) is 5.87. The summed E-state index contributed by atoms with van der Waals surface area (Å²) in [5, 5.41) is 10.7. The summed E-state index contributed by atoms with van der Waals surface area (Å²) in [7, 11) is 1.47. The SMILES string of the molecule is COCCN1C(=O)C(=O)/C(=C(/O)c2ccccc2)[C@H]1c1ccccc1F. The number of ether oxygens (including phenoxy) is 1. The molecule has 134 valence electrons. The molecule has 2 aromatic carbocycles. The first-order chi connectivity index (χ1) is 12.6. The molecule has 1 fully saturated rings. The normalized spacial score (nSPS) is 19.2. The van der Waals surface area contributed by atoms with Gasteiger partial charge in [-0.25, -0.2) is 4.39 Å². The van der Waals surface area contributed by atoms with Crippen molar-refractivity contribution in [2.75, 3.05) is 20.3 Å². The molecule has 0 spiro atoms. The zero-order valence-corrected chi connectivity index (χ0v) is 14.2. The van der Waals surface area contributed by atoms with Crippen LogP contribution in [0.3, 0.4) is 0 Å². The van der Waals surface area contributed by atoms with Crippen molar-refractivity contribution in [3.05, 3.63) is 77.1 Å². The second kappa shape index (κ2) is 7.49. The molecule has 5 nitrogen and oxygen atoms in total. The van der Waals surface area contributed by atoms with Gasteiger partial charge in [0.05, 0.1) is 18.2 Å². The molecule has 26 heavy (non-hydrogen) atoms. The molecule has 1 heterocycles. The lowest BCUT2D eigenvalue weighted by molar-refractivity contribution is -0.140. The van der Waals surface area contributed by atoms with Crippen LogP contribution < -0.4 is 0 Å². The molecule has 1 saturated heterocycles. The third kappa shape index (κ3) is 3.11. The highest BCUT2D eigenvalue weighted by Crippen LogP contribution is 2.39. The molecule has 2 aromatic rings.